The van der Waals surface area contributed by atoms with E-state index in [9.17, 15) is 0 Å². The number of imidazole rings is 1. The molecule has 0 radical (unpaired) electrons. The first-order valence-corrected chi connectivity index (χ1v) is 6.31. The van der Waals surface area contributed by atoms with E-state index in [1.165, 1.54) is 32.4 Å². The van der Waals surface area contributed by atoms with Gasteiger partial charge in [-0.1, -0.05) is 20.3 Å². The Hall–Kier alpha value is -0.830. The van der Waals surface area contributed by atoms with Gasteiger partial charge in [-0.25, -0.2) is 4.98 Å². The summed E-state index contributed by atoms with van der Waals surface area (Å²) in [6.07, 6.45) is 8.03. The molecule has 0 aliphatic carbocycles. The first-order valence-electron chi connectivity index (χ1n) is 6.31. The van der Waals surface area contributed by atoms with Gasteiger partial charge in [0.1, 0.15) is 0 Å². The third-order valence-electron chi connectivity index (χ3n) is 2.41. The summed E-state index contributed by atoms with van der Waals surface area (Å²) in [5, 5.41) is 0. The van der Waals surface area contributed by atoms with E-state index in [0.717, 1.165) is 5.69 Å². The second-order valence-corrected chi connectivity index (χ2v) is 4.04. The minimum Gasteiger partial charge on any atom is -0.340 e. The summed E-state index contributed by atoms with van der Waals surface area (Å²) in [7, 11) is 4.15. The van der Waals surface area contributed by atoms with E-state index >= 15 is 0 Å². The molecule has 3 heteroatoms. The van der Waals surface area contributed by atoms with Gasteiger partial charge in [-0.15, -0.1) is 0 Å². The van der Waals surface area contributed by atoms with Gasteiger partial charge in [-0.05, 0) is 39.9 Å². The lowest BCUT2D eigenvalue weighted by atomic mass is 10.1. The van der Waals surface area contributed by atoms with Crippen molar-refractivity contribution in [2.75, 3.05) is 20.1 Å². The molecule has 0 unspecified atom stereocenters. The van der Waals surface area contributed by atoms with E-state index in [1.54, 1.807) is 6.33 Å². The van der Waals surface area contributed by atoms with E-state index in [4.69, 9.17) is 0 Å². The Balaban J connectivity index is 0.000000244. The third-order valence-corrected chi connectivity index (χ3v) is 2.41. The van der Waals surface area contributed by atoms with Crippen LogP contribution in [0.4, 0.5) is 0 Å². The summed E-state index contributed by atoms with van der Waals surface area (Å²) in [4.78, 5) is 6.37. The van der Waals surface area contributed by atoms with Crippen LogP contribution in [-0.2, 0) is 7.05 Å². The Morgan fingerprint density at radius 3 is 1.81 bits per heavy atom. The molecule has 0 atom stereocenters. The molecule has 2 heterocycles. The van der Waals surface area contributed by atoms with Gasteiger partial charge in [-0.3, -0.25) is 0 Å². The SMILES string of the molecule is CC.CN1CCCCC1.Cc1cn(C)cn1. The van der Waals surface area contributed by atoms with E-state index in [1.807, 2.05) is 38.6 Å². The predicted molar refractivity (Wildman–Crippen MR) is 70.6 cm³/mol. The highest BCUT2D eigenvalue weighted by Crippen LogP contribution is 2.04. The Labute approximate surface area is 100 Å². The maximum absolute atomic E-state index is 3.98. The predicted octanol–water partition coefficient (Wildman–Crippen LogP) is 2.86. The van der Waals surface area contributed by atoms with Crippen molar-refractivity contribution in [3.05, 3.63) is 18.2 Å². The molecule has 3 nitrogen and oxygen atoms in total. The lowest BCUT2D eigenvalue weighted by molar-refractivity contribution is 0.277. The average molecular weight is 225 g/mol. The van der Waals surface area contributed by atoms with Gasteiger partial charge in [0.2, 0.25) is 0 Å². The maximum atomic E-state index is 3.98. The largest absolute Gasteiger partial charge is 0.340 e. The average Bonchev–Trinajstić information content (AvgIpc) is 2.67. The Morgan fingerprint density at radius 2 is 1.62 bits per heavy atom. The second-order valence-electron chi connectivity index (χ2n) is 4.04. The number of aryl methyl sites for hydroxylation is 2. The van der Waals surface area contributed by atoms with Crippen LogP contribution >= 0.6 is 0 Å². The van der Waals surface area contributed by atoms with Crippen molar-refractivity contribution in [1.29, 1.82) is 0 Å². The zero-order valence-corrected chi connectivity index (χ0v) is 11.5. The van der Waals surface area contributed by atoms with E-state index in [2.05, 4.69) is 16.9 Å². The molecule has 0 bridgehead atoms. The number of nitrogens with zero attached hydrogens (tertiary/aromatic N) is 3. The number of hydrogen-bond acceptors (Lipinski definition) is 2. The Kier molecular flexibility index (Phi) is 8.91. The van der Waals surface area contributed by atoms with Crippen molar-refractivity contribution < 1.29 is 0 Å². The zero-order chi connectivity index (χ0) is 12.4. The van der Waals surface area contributed by atoms with Crippen molar-refractivity contribution in [3.63, 3.8) is 0 Å². The molecular formula is C13H27N3. The van der Waals surface area contributed by atoms with Crippen molar-refractivity contribution >= 4 is 0 Å². The van der Waals surface area contributed by atoms with Gasteiger partial charge in [0.15, 0.2) is 0 Å². The summed E-state index contributed by atoms with van der Waals surface area (Å²) < 4.78 is 1.93. The topological polar surface area (TPSA) is 21.1 Å². The number of likely N-dealkylation sites (tertiary alicyclic amines) is 1. The summed E-state index contributed by atoms with van der Waals surface area (Å²) in [5.41, 5.74) is 1.07. The number of hydrogen-bond donors (Lipinski definition) is 0. The molecule has 0 amide bonds. The monoisotopic (exact) mass is 225 g/mol. The molecule has 0 spiro atoms. The van der Waals surface area contributed by atoms with Crippen LogP contribution in [0.15, 0.2) is 12.5 Å². The van der Waals surface area contributed by atoms with Crippen LogP contribution in [0, 0.1) is 6.92 Å². The molecule has 1 aromatic heterocycles. The summed E-state index contributed by atoms with van der Waals surface area (Å²) >= 11 is 0. The van der Waals surface area contributed by atoms with Crippen molar-refractivity contribution in [1.82, 2.24) is 14.5 Å². The summed E-state index contributed by atoms with van der Waals surface area (Å²) in [6.45, 7) is 8.61. The molecular weight excluding hydrogens is 198 g/mol. The standard InChI is InChI=1S/C6H13N.C5H8N2.C2H6/c1-7-5-3-2-4-6-7;1-5-3-7(2)4-6-5;1-2/h2-6H2,1H3;3-4H,1-2H3;1-2H3. The first-order chi connectivity index (χ1) is 7.68. The van der Waals surface area contributed by atoms with Crippen molar-refractivity contribution in [3.8, 4) is 0 Å². The Morgan fingerprint density at radius 1 is 1.06 bits per heavy atom. The lowest BCUT2D eigenvalue weighted by Crippen LogP contribution is -2.24. The van der Waals surface area contributed by atoms with Crippen LogP contribution in [0.5, 0.6) is 0 Å². The molecule has 0 N–H and O–H groups in total. The summed E-state index contributed by atoms with van der Waals surface area (Å²) in [5.74, 6) is 0. The molecule has 1 aliphatic heterocycles. The fraction of sp³-hybridized carbons (Fsp3) is 0.769. The van der Waals surface area contributed by atoms with Crippen LogP contribution in [0.3, 0.4) is 0 Å². The molecule has 94 valence electrons. The fourth-order valence-corrected chi connectivity index (χ4v) is 1.60. The molecule has 2 rings (SSSR count). The highest BCUT2D eigenvalue weighted by Gasteiger charge is 2.02. The van der Waals surface area contributed by atoms with Gasteiger partial charge in [-0.2, -0.15) is 0 Å². The molecule has 1 fully saturated rings. The maximum Gasteiger partial charge on any atom is 0.0946 e. The van der Waals surface area contributed by atoms with E-state index in [-0.39, 0.29) is 0 Å². The fourth-order valence-electron chi connectivity index (χ4n) is 1.60. The highest BCUT2D eigenvalue weighted by atomic mass is 15.1. The smallest absolute Gasteiger partial charge is 0.0946 e. The second kappa shape index (κ2) is 9.40. The van der Waals surface area contributed by atoms with Crippen molar-refractivity contribution in [2.45, 2.75) is 40.0 Å². The molecule has 1 aromatic rings. The number of aromatic nitrogens is 2. The van der Waals surface area contributed by atoms with Gasteiger partial charge in [0, 0.05) is 13.2 Å². The van der Waals surface area contributed by atoms with Gasteiger partial charge < -0.3 is 9.47 Å². The van der Waals surface area contributed by atoms with Gasteiger partial charge in [0.25, 0.3) is 0 Å². The molecule has 0 aromatic carbocycles. The third kappa shape index (κ3) is 7.46. The van der Waals surface area contributed by atoms with Gasteiger partial charge in [0.05, 0.1) is 12.0 Å². The van der Waals surface area contributed by atoms with E-state index in [0.29, 0.717) is 0 Å². The quantitative estimate of drug-likeness (QED) is 0.677. The first kappa shape index (κ1) is 15.2. The molecule has 1 aliphatic rings. The normalized spacial score (nSPS) is 15.6. The molecule has 16 heavy (non-hydrogen) atoms. The van der Waals surface area contributed by atoms with Gasteiger partial charge >= 0.3 is 0 Å². The van der Waals surface area contributed by atoms with Crippen LogP contribution < -0.4 is 0 Å². The number of piperidine rings is 1. The number of rotatable bonds is 0. The van der Waals surface area contributed by atoms with Crippen LogP contribution in [0.25, 0.3) is 0 Å². The summed E-state index contributed by atoms with van der Waals surface area (Å²) in [6, 6.07) is 0. The lowest BCUT2D eigenvalue weighted by Gasteiger charge is -2.20. The van der Waals surface area contributed by atoms with Crippen LogP contribution in [0.2, 0.25) is 0 Å². The minimum absolute atomic E-state index is 1.07. The molecule has 1 saturated heterocycles. The zero-order valence-electron chi connectivity index (χ0n) is 11.5. The van der Waals surface area contributed by atoms with E-state index < -0.39 is 0 Å². The Bertz CT molecular complexity index is 233. The minimum atomic E-state index is 1.07. The molecule has 0 saturated carbocycles. The van der Waals surface area contributed by atoms with Crippen LogP contribution in [0.1, 0.15) is 38.8 Å². The highest BCUT2D eigenvalue weighted by molar-refractivity contribution is 4.90. The van der Waals surface area contributed by atoms with Crippen molar-refractivity contribution in [2.24, 2.45) is 7.05 Å². The van der Waals surface area contributed by atoms with Crippen LogP contribution in [-0.4, -0.2) is 34.6 Å².